The summed E-state index contributed by atoms with van der Waals surface area (Å²) in [5.74, 6) is 0.279. The highest BCUT2D eigenvalue weighted by Gasteiger charge is 2.35. The van der Waals surface area contributed by atoms with Crippen molar-refractivity contribution in [3.63, 3.8) is 0 Å². The molecule has 2 nitrogen and oxygen atoms in total. The van der Waals surface area contributed by atoms with Gasteiger partial charge in [0.15, 0.2) is 0 Å². The lowest BCUT2D eigenvalue weighted by Crippen LogP contribution is -2.10. The van der Waals surface area contributed by atoms with Gasteiger partial charge in [0.1, 0.15) is 5.75 Å². The molecule has 1 aliphatic rings. The molecule has 1 aromatic rings. The predicted octanol–water partition coefficient (Wildman–Crippen LogP) is 3.08. The van der Waals surface area contributed by atoms with Crippen LogP contribution in [-0.4, -0.2) is 12.6 Å². The van der Waals surface area contributed by atoms with Crippen LogP contribution in [-0.2, 0) is 6.18 Å². The van der Waals surface area contributed by atoms with E-state index in [0.717, 1.165) is 18.6 Å². The molecule has 0 unspecified atom stereocenters. The van der Waals surface area contributed by atoms with Crippen LogP contribution in [0, 0.1) is 5.92 Å². The monoisotopic (exact) mass is 265 g/mol. The van der Waals surface area contributed by atoms with E-state index in [1.54, 1.807) is 0 Å². The van der Waals surface area contributed by atoms with E-state index in [1.807, 2.05) is 0 Å². The Morgan fingerprint density at radius 1 is 1.41 bits per heavy atom. The molecule has 0 aromatic heterocycles. The smallest absolute Gasteiger partial charge is 0.416 e. The molecule has 0 spiro atoms. The van der Waals surface area contributed by atoms with Gasteiger partial charge in [0, 0.05) is 12.0 Å². The molecule has 0 amide bonds. The van der Waals surface area contributed by atoms with E-state index in [9.17, 15) is 13.2 Å². The molecule has 1 fully saturated rings. The highest BCUT2D eigenvalue weighted by molar-refractivity contribution is 6.32. The van der Waals surface area contributed by atoms with Gasteiger partial charge in [0.05, 0.1) is 17.2 Å². The minimum atomic E-state index is -4.39. The van der Waals surface area contributed by atoms with E-state index in [2.05, 4.69) is 0 Å². The summed E-state index contributed by atoms with van der Waals surface area (Å²) < 4.78 is 42.6. The van der Waals surface area contributed by atoms with Gasteiger partial charge < -0.3 is 10.5 Å². The number of rotatable bonds is 3. The van der Waals surface area contributed by atoms with Gasteiger partial charge in [-0.15, -0.1) is 0 Å². The molecule has 1 aromatic carbocycles. The first-order valence-electron chi connectivity index (χ1n) is 5.13. The van der Waals surface area contributed by atoms with Crippen LogP contribution in [0.5, 0.6) is 5.75 Å². The fraction of sp³-hybridized carbons (Fsp3) is 0.455. The number of hydrogen-bond acceptors (Lipinski definition) is 2. The zero-order valence-electron chi connectivity index (χ0n) is 8.80. The number of hydrogen-bond donors (Lipinski definition) is 1. The minimum Gasteiger partial charge on any atom is -0.492 e. The van der Waals surface area contributed by atoms with Gasteiger partial charge in [-0.05, 0) is 24.6 Å². The molecule has 2 rings (SSSR count). The Morgan fingerprint density at radius 3 is 2.59 bits per heavy atom. The standard InChI is InChI=1S/C11H11ClF3NO/c12-8-2-1-7(11(13,14)15)4-10(8)17-5-6-3-9(6)16/h1-2,4,6,9H,3,5,16H2/t6-,9+/m0/s1. The molecular formula is C11H11ClF3NO. The normalized spacial score (nSPS) is 23.6. The fourth-order valence-electron chi connectivity index (χ4n) is 1.45. The van der Waals surface area contributed by atoms with Gasteiger partial charge in [0.2, 0.25) is 0 Å². The second kappa shape index (κ2) is 4.38. The van der Waals surface area contributed by atoms with E-state index in [1.165, 1.54) is 6.07 Å². The van der Waals surface area contributed by atoms with Crippen molar-refractivity contribution < 1.29 is 17.9 Å². The van der Waals surface area contributed by atoms with Gasteiger partial charge in [-0.3, -0.25) is 0 Å². The predicted molar refractivity (Wildman–Crippen MR) is 58.0 cm³/mol. The van der Waals surface area contributed by atoms with Gasteiger partial charge in [-0.1, -0.05) is 11.6 Å². The summed E-state index contributed by atoms with van der Waals surface area (Å²) in [5, 5.41) is 0.173. The summed E-state index contributed by atoms with van der Waals surface area (Å²) >= 11 is 5.76. The third-order valence-electron chi connectivity index (χ3n) is 2.69. The summed E-state index contributed by atoms with van der Waals surface area (Å²) in [6.07, 6.45) is -3.55. The van der Waals surface area contributed by atoms with Gasteiger partial charge >= 0.3 is 6.18 Å². The first kappa shape index (κ1) is 12.5. The molecular weight excluding hydrogens is 255 g/mol. The Kier molecular flexibility index (Phi) is 3.23. The van der Waals surface area contributed by atoms with Crippen LogP contribution in [0.4, 0.5) is 13.2 Å². The van der Waals surface area contributed by atoms with Crippen molar-refractivity contribution in [3.8, 4) is 5.75 Å². The molecule has 6 heteroatoms. The number of benzene rings is 1. The van der Waals surface area contributed by atoms with E-state index in [-0.39, 0.29) is 22.7 Å². The Hall–Kier alpha value is -0.940. The molecule has 0 heterocycles. The summed E-state index contributed by atoms with van der Waals surface area (Å²) in [7, 11) is 0. The molecule has 2 N–H and O–H groups in total. The number of ether oxygens (including phenoxy) is 1. The third kappa shape index (κ3) is 3.04. The van der Waals surface area contributed by atoms with Gasteiger partial charge in [-0.25, -0.2) is 0 Å². The number of alkyl halides is 3. The van der Waals surface area contributed by atoms with E-state index in [0.29, 0.717) is 6.61 Å². The Balaban J connectivity index is 2.09. The van der Waals surface area contributed by atoms with Gasteiger partial charge in [-0.2, -0.15) is 13.2 Å². The van der Waals surface area contributed by atoms with Crippen molar-refractivity contribution in [3.05, 3.63) is 28.8 Å². The van der Waals surface area contributed by atoms with Crippen LogP contribution < -0.4 is 10.5 Å². The van der Waals surface area contributed by atoms with Crippen molar-refractivity contribution in [1.29, 1.82) is 0 Å². The van der Waals surface area contributed by atoms with Gasteiger partial charge in [0.25, 0.3) is 0 Å². The van der Waals surface area contributed by atoms with Crippen molar-refractivity contribution in [1.82, 2.24) is 0 Å². The average Bonchev–Trinajstić information content (AvgIpc) is 2.92. The minimum absolute atomic E-state index is 0.0561. The average molecular weight is 266 g/mol. The Bertz CT molecular complexity index is 422. The summed E-state index contributed by atoms with van der Waals surface area (Å²) in [6.45, 7) is 0.308. The van der Waals surface area contributed by atoms with E-state index >= 15 is 0 Å². The quantitative estimate of drug-likeness (QED) is 0.911. The summed E-state index contributed by atoms with van der Waals surface area (Å²) in [6, 6.07) is 3.13. The SMILES string of the molecule is N[C@@H]1C[C@H]1COc1cc(C(F)(F)F)ccc1Cl. The largest absolute Gasteiger partial charge is 0.492 e. The second-order valence-electron chi connectivity index (χ2n) is 4.11. The molecule has 0 saturated heterocycles. The first-order valence-corrected chi connectivity index (χ1v) is 5.51. The highest BCUT2D eigenvalue weighted by Crippen LogP contribution is 2.36. The molecule has 0 radical (unpaired) electrons. The topological polar surface area (TPSA) is 35.2 Å². The molecule has 1 saturated carbocycles. The number of halogens is 4. The lowest BCUT2D eigenvalue weighted by Gasteiger charge is -2.11. The van der Waals surface area contributed by atoms with Crippen LogP contribution in [0.15, 0.2) is 18.2 Å². The van der Waals surface area contributed by atoms with Crippen molar-refractivity contribution in [2.24, 2.45) is 11.7 Å². The maximum absolute atomic E-state index is 12.5. The zero-order valence-corrected chi connectivity index (χ0v) is 9.55. The zero-order chi connectivity index (χ0) is 12.6. The van der Waals surface area contributed by atoms with Crippen molar-refractivity contribution in [2.75, 3.05) is 6.61 Å². The molecule has 2 atom stereocenters. The number of nitrogens with two attached hydrogens (primary N) is 1. The van der Waals surface area contributed by atoms with E-state index < -0.39 is 11.7 Å². The Labute approximate surface area is 102 Å². The fourth-order valence-corrected chi connectivity index (χ4v) is 1.62. The van der Waals surface area contributed by atoms with Crippen LogP contribution >= 0.6 is 11.6 Å². The van der Waals surface area contributed by atoms with Crippen LogP contribution in [0.1, 0.15) is 12.0 Å². The van der Waals surface area contributed by atoms with Crippen molar-refractivity contribution >= 4 is 11.6 Å². The van der Waals surface area contributed by atoms with Crippen LogP contribution in [0.25, 0.3) is 0 Å². The second-order valence-corrected chi connectivity index (χ2v) is 4.52. The summed E-state index contributed by atoms with van der Waals surface area (Å²) in [5.41, 5.74) is 4.81. The highest BCUT2D eigenvalue weighted by atomic mass is 35.5. The molecule has 94 valence electrons. The lowest BCUT2D eigenvalue weighted by molar-refractivity contribution is -0.137. The van der Waals surface area contributed by atoms with Crippen LogP contribution in [0.2, 0.25) is 5.02 Å². The maximum Gasteiger partial charge on any atom is 0.416 e. The molecule has 17 heavy (non-hydrogen) atoms. The molecule has 0 aliphatic heterocycles. The van der Waals surface area contributed by atoms with Crippen molar-refractivity contribution in [2.45, 2.75) is 18.6 Å². The molecule has 0 bridgehead atoms. The summed E-state index contributed by atoms with van der Waals surface area (Å²) in [4.78, 5) is 0. The van der Waals surface area contributed by atoms with E-state index in [4.69, 9.17) is 22.1 Å². The third-order valence-corrected chi connectivity index (χ3v) is 3.00. The van der Waals surface area contributed by atoms with Crippen LogP contribution in [0.3, 0.4) is 0 Å². The maximum atomic E-state index is 12.5. The molecule has 1 aliphatic carbocycles. The first-order chi connectivity index (χ1) is 7.88. The Morgan fingerprint density at radius 2 is 2.06 bits per heavy atom. The lowest BCUT2D eigenvalue weighted by atomic mass is 10.2.